The summed E-state index contributed by atoms with van der Waals surface area (Å²) >= 11 is 0. The Hall–Kier alpha value is -3.91. The number of nitrogens with one attached hydrogen (secondary N) is 1. The minimum absolute atomic E-state index is 0.438. The van der Waals surface area contributed by atoms with E-state index in [0.29, 0.717) is 19.2 Å². The average Bonchev–Trinajstić information content (AvgIpc) is 2.85. The van der Waals surface area contributed by atoms with Crippen molar-refractivity contribution in [2.75, 3.05) is 36.6 Å². The largest absolute Gasteiger partial charge is 0.378 e. The lowest BCUT2D eigenvalue weighted by molar-refractivity contribution is 0.122. The van der Waals surface area contributed by atoms with Crippen molar-refractivity contribution in [3.05, 3.63) is 83.3 Å². The summed E-state index contributed by atoms with van der Waals surface area (Å²) in [6.07, 6.45) is 8.05. The Bertz CT molecular complexity index is 1270. The third-order valence-corrected chi connectivity index (χ3v) is 5.44. The molecule has 4 aromatic rings. The number of fused-ring (bicyclic) bond motifs is 1. The van der Waals surface area contributed by atoms with E-state index in [-0.39, 0.29) is 0 Å². The van der Waals surface area contributed by atoms with Crippen LogP contribution in [0.5, 0.6) is 0 Å². The Morgan fingerprint density at radius 2 is 1.97 bits per heavy atom. The number of rotatable bonds is 6. The van der Waals surface area contributed by atoms with Crippen LogP contribution in [0.3, 0.4) is 0 Å². The maximum absolute atomic E-state index is 5.52. The van der Waals surface area contributed by atoms with E-state index in [0.717, 1.165) is 53.1 Å². The molecule has 0 aliphatic carbocycles. The average molecular weight is 440 g/mol. The summed E-state index contributed by atoms with van der Waals surface area (Å²) in [4.78, 5) is 20.6. The molecule has 0 bridgehead atoms. The fourth-order valence-corrected chi connectivity index (χ4v) is 3.84. The van der Waals surface area contributed by atoms with Crippen molar-refractivity contribution in [3.63, 3.8) is 0 Å². The highest BCUT2D eigenvalue weighted by Gasteiger charge is 2.18. The number of anilines is 2. The molecule has 5 rings (SSSR count). The molecule has 3 aromatic heterocycles. The minimum Gasteiger partial charge on any atom is -0.378 e. The lowest BCUT2D eigenvalue weighted by atomic mass is 10.1. The van der Waals surface area contributed by atoms with Crippen LogP contribution in [0.25, 0.3) is 11.0 Å². The molecule has 1 aliphatic rings. The summed E-state index contributed by atoms with van der Waals surface area (Å²) < 4.78 is 5.52. The molecule has 33 heavy (non-hydrogen) atoms. The molecule has 1 N–H and O–H groups in total. The Morgan fingerprint density at radius 1 is 1.06 bits per heavy atom. The molecule has 0 atom stereocenters. The van der Waals surface area contributed by atoms with Gasteiger partial charge in [-0.1, -0.05) is 35.9 Å². The second kappa shape index (κ2) is 9.70. The van der Waals surface area contributed by atoms with Crippen molar-refractivity contribution in [2.45, 2.75) is 13.3 Å². The fraction of sp³-hybridized carbons (Fsp3) is 0.240. The van der Waals surface area contributed by atoms with E-state index in [1.165, 1.54) is 5.56 Å². The third kappa shape index (κ3) is 5.12. The van der Waals surface area contributed by atoms with Crippen LogP contribution in [-0.2, 0) is 11.2 Å². The smallest absolute Gasteiger partial charge is 0.246 e. The van der Waals surface area contributed by atoms with Crippen molar-refractivity contribution < 1.29 is 4.74 Å². The zero-order valence-corrected chi connectivity index (χ0v) is 18.5. The Kier molecular flexibility index (Phi) is 6.16. The van der Waals surface area contributed by atoms with E-state index >= 15 is 0 Å². The zero-order chi connectivity index (χ0) is 22.5. The normalized spacial score (nSPS) is 14.2. The number of aromatic nitrogens is 4. The fourth-order valence-electron chi connectivity index (χ4n) is 3.84. The van der Waals surface area contributed by atoms with Crippen LogP contribution < -0.4 is 10.3 Å². The highest BCUT2D eigenvalue weighted by Crippen LogP contribution is 2.25. The van der Waals surface area contributed by atoms with Gasteiger partial charge in [0.05, 0.1) is 24.9 Å². The molecule has 1 aromatic carbocycles. The van der Waals surface area contributed by atoms with Crippen LogP contribution in [-0.4, -0.2) is 52.5 Å². The van der Waals surface area contributed by atoms with Crippen LogP contribution in [0.15, 0.2) is 66.2 Å². The number of pyridine rings is 2. The molecule has 166 valence electrons. The van der Waals surface area contributed by atoms with E-state index < -0.39 is 0 Å². The van der Waals surface area contributed by atoms with Crippen LogP contribution in [0.1, 0.15) is 22.3 Å². The molecule has 1 fully saturated rings. The highest BCUT2D eigenvalue weighted by molar-refractivity contribution is 5.87. The third-order valence-electron chi connectivity index (χ3n) is 5.44. The number of nitrogens with zero attached hydrogens (tertiary/aromatic N) is 6. The van der Waals surface area contributed by atoms with Gasteiger partial charge in [0.25, 0.3) is 0 Å². The standard InChI is InChI=1S/C25H25N7O/c1-18-4-2-5-19(12-18)17-28-31-25-29-22-14-21(13-20-6-3-7-26-15-20)16-27-23(22)24(30-25)32-8-10-33-11-9-32/h2-7,12,14-17H,8-11,13H2,1H3,(H,29,30,31). The van der Waals surface area contributed by atoms with Crippen molar-refractivity contribution in [2.24, 2.45) is 5.10 Å². The summed E-state index contributed by atoms with van der Waals surface area (Å²) in [5.74, 6) is 1.23. The van der Waals surface area contributed by atoms with E-state index in [2.05, 4.69) is 51.6 Å². The number of ether oxygens (including phenoxy) is 1. The predicted molar refractivity (Wildman–Crippen MR) is 130 cm³/mol. The number of aryl methyl sites for hydroxylation is 1. The van der Waals surface area contributed by atoms with Gasteiger partial charge in [-0.25, -0.2) is 10.4 Å². The number of benzene rings is 1. The van der Waals surface area contributed by atoms with Gasteiger partial charge in [0.15, 0.2) is 5.82 Å². The van der Waals surface area contributed by atoms with Crippen molar-refractivity contribution in [1.82, 2.24) is 19.9 Å². The van der Waals surface area contributed by atoms with E-state index in [1.54, 1.807) is 12.4 Å². The molecular formula is C25H25N7O. The zero-order valence-electron chi connectivity index (χ0n) is 18.5. The first-order chi connectivity index (χ1) is 16.2. The molecule has 1 aliphatic heterocycles. The first-order valence-electron chi connectivity index (χ1n) is 11.0. The van der Waals surface area contributed by atoms with Gasteiger partial charge in [-0.15, -0.1) is 0 Å². The van der Waals surface area contributed by atoms with Crippen LogP contribution in [0.4, 0.5) is 11.8 Å². The Balaban J connectivity index is 1.47. The molecule has 1 saturated heterocycles. The summed E-state index contributed by atoms with van der Waals surface area (Å²) in [5.41, 5.74) is 8.95. The first kappa shape index (κ1) is 21.0. The van der Waals surface area contributed by atoms with Crippen LogP contribution >= 0.6 is 0 Å². The lowest BCUT2D eigenvalue weighted by Gasteiger charge is -2.28. The molecule has 4 heterocycles. The lowest BCUT2D eigenvalue weighted by Crippen LogP contribution is -2.37. The van der Waals surface area contributed by atoms with Gasteiger partial charge in [-0.05, 0) is 35.7 Å². The van der Waals surface area contributed by atoms with Crippen molar-refractivity contribution in [3.8, 4) is 0 Å². The topological polar surface area (TPSA) is 88.4 Å². The van der Waals surface area contributed by atoms with Gasteiger partial charge >= 0.3 is 0 Å². The number of hydrazone groups is 1. The first-order valence-corrected chi connectivity index (χ1v) is 11.0. The second-order valence-corrected chi connectivity index (χ2v) is 8.00. The number of hydrogen-bond donors (Lipinski definition) is 1. The monoisotopic (exact) mass is 439 g/mol. The van der Waals surface area contributed by atoms with Gasteiger partial charge in [0.2, 0.25) is 5.95 Å². The maximum atomic E-state index is 5.52. The van der Waals surface area contributed by atoms with Crippen molar-refractivity contribution >= 4 is 29.0 Å². The van der Waals surface area contributed by atoms with E-state index in [1.807, 2.05) is 30.6 Å². The molecule has 8 heteroatoms. The quantitative estimate of drug-likeness (QED) is 0.363. The maximum Gasteiger partial charge on any atom is 0.246 e. The van der Waals surface area contributed by atoms with Crippen LogP contribution in [0.2, 0.25) is 0 Å². The van der Waals surface area contributed by atoms with Gasteiger partial charge in [-0.2, -0.15) is 10.1 Å². The predicted octanol–water partition coefficient (Wildman–Crippen LogP) is 3.60. The summed E-state index contributed by atoms with van der Waals surface area (Å²) in [6, 6.07) is 14.2. The minimum atomic E-state index is 0.438. The van der Waals surface area contributed by atoms with E-state index in [9.17, 15) is 0 Å². The molecule has 0 radical (unpaired) electrons. The molecule has 0 amide bonds. The summed E-state index contributed by atoms with van der Waals surface area (Å²) in [5, 5.41) is 4.36. The van der Waals surface area contributed by atoms with E-state index in [4.69, 9.17) is 19.7 Å². The van der Waals surface area contributed by atoms with Crippen molar-refractivity contribution in [1.29, 1.82) is 0 Å². The van der Waals surface area contributed by atoms with Gasteiger partial charge in [-0.3, -0.25) is 9.97 Å². The molecular weight excluding hydrogens is 414 g/mol. The summed E-state index contributed by atoms with van der Waals surface area (Å²) in [7, 11) is 0. The van der Waals surface area contributed by atoms with Gasteiger partial charge < -0.3 is 9.64 Å². The number of morpholine rings is 1. The van der Waals surface area contributed by atoms with Gasteiger partial charge in [0.1, 0.15) is 5.52 Å². The van der Waals surface area contributed by atoms with Gasteiger partial charge in [0, 0.05) is 38.1 Å². The molecule has 0 spiro atoms. The highest BCUT2D eigenvalue weighted by atomic mass is 16.5. The molecule has 0 saturated carbocycles. The SMILES string of the molecule is Cc1cccc(C=NNc2nc(N3CCOCC3)c3ncc(Cc4cccnc4)cc3n2)c1. The second-order valence-electron chi connectivity index (χ2n) is 8.00. The van der Waals surface area contributed by atoms with Crippen LogP contribution in [0, 0.1) is 6.92 Å². The summed E-state index contributed by atoms with van der Waals surface area (Å²) in [6.45, 7) is 4.91. The Labute approximate surface area is 192 Å². The molecule has 8 nitrogen and oxygen atoms in total. The number of hydrogen-bond acceptors (Lipinski definition) is 8. The molecule has 0 unspecified atom stereocenters. The Morgan fingerprint density at radius 3 is 2.79 bits per heavy atom.